The van der Waals surface area contributed by atoms with E-state index in [1.807, 2.05) is 51.1 Å². The normalized spacial score (nSPS) is 27.1. The third-order valence-corrected chi connectivity index (χ3v) is 5.24. The molecule has 1 fully saturated rings. The van der Waals surface area contributed by atoms with E-state index in [0.29, 0.717) is 12.8 Å². The van der Waals surface area contributed by atoms with Crippen molar-refractivity contribution < 1.29 is 14.3 Å². The first-order chi connectivity index (χ1) is 9.83. The summed E-state index contributed by atoms with van der Waals surface area (Å²) in [6.07, 6.45) is 1.36. The molecule has 1 aliphatic rings. The molecule has 1 amide bonds. The van der Waals surface area contributed by atoms with Crippen LogP contribution in [0, 0.1) is 16.7 Å². The van der Waals surface area contributed by atoms with Crippen molar-refractivity contribution in [2.75, 3.05) is 12.4 Å². The molecule has 2 atom stereocenters. The molecule has 4 nitrogen and oxygen atoms in total. The molecule has 0 unspecified atom stereocenters. The second kappa shape index (κ2) is 5.51. The van der Waals surface area contributed by atoms with Gasteiger partial charge >= 0.3 is 5.97 Å². The average Bonchev–Trinajstić information content (AvgIpc) is 2.71. The lowest BCUT2D eigenvalue weighted by atomic mass is 9.65. The van der Waals surface area contributed by atoms with Gasteiger partial charge in [-0.25, -0.2) is 0 Å². The zero-order valence-corrected chi connectivity index (χ0v) is 13.1. The maximum Gasteiger partial charge on any atom is 0.309 e. The first kappa shape index (κ1) is 15.5. The first-order valence-electron chi connectivity index (χ1n) is 7.27. The van der Waals surface area contributed by atoms with Gasteiger partial charge < -0.3 is 10.1 Å². The lowest BCUT2D eigenvalue weighted by molar-refractivity contribution is -0.151. The highest BCUT2D eigenvalue weighted by atomic mass is 16.5. The van der Waals surface area contributed by atoms with Crippen LogP contribution in [0.5, 0.6) is 0 Å². The first-order valence-corrected chi connectivity index (χ1v) is 7.27. The van der Waals surface area contributed by atoms with Gasteiger partial charge in [-0.15, -0.1) is 0 Å². The van der Waals surface area contributed by atoms with Crippen LogP contribution in [0.2, 0.25) is 0 Å². The van der Waals surface area contributed by atoms with Gasteiger partial charge in [0, 0.05) is 5.69 Å². The summed E-state index contributed by atoms with van der Waals surface area (Å²) >= 11 is 0. The highest BCUT2D eigenvalue weighted by Gasteiger charge is 2.58. The minimum absolute atomic E-state index is 0.0369. The predicted molar refractivity (Wildman–Crippen MR) is 81.7 cm³/mol. The third-order valence-electron chi connectivity index (χ3n) is 5.24. The van der Waals surface area contributed by atoms with Crippen molar-refractivity contribution >= 4 is 17.6 Å². The largest absolute Gasteiger partial charge is 0.469 e. The maximum atomic E-state index is 12.7. The van der Waals surface area contributed by atoms with Gasteiger partial charge in [0.25, 0.3) is 0 Å². The molecule has 1 N–H and O–H groups in total. The molecule has 0 radical (unpaired) electrons. The zero-order valence-electron chi connectivity index (χ0n) is 13.1. The van der Waals surface area contributed by atoms with Crippen LogP contribution in [0.25, 0.3) is 0 Å². The molecule has 0 aromatic heterocycles. The second-order valence-electron chi connectivity index (χ2n) is 6.49. The molecule has 4 heteroatoms. The van der Waals surface area contributed by atoms with E-state index in [9.17, 15) is 9.59 Å². The molecule has 0 saturated heterocycles. The summed E-state index contributed by atoms with van der Waals surface area (Å²) < 4.78 is 4.89. The molecule has 1 aromatic carbocycles. The summed E-state index contributed by atoms with van der Waals surface area (Å²) in [5, 5.41) is 2.97. The van der Waals surface area contributed by atoms with Crippen LogP contribution in [0.15, 0.2) is 30.3 Å². The minimum Gasteiger partial charge on any atom is -0.469 e. The number of nitrogens with one attached hydrogen (secondary N) is 1. The molecule has 0 heterocycles. The summed E-state index contributed by atoms with van der Waals surface area (Å²) in [4.78, 5) is 24.7. The van der Waals surface area contributed by atoms with Gasteiger partial charge in [0.05, 0.1) is 18.4 Å². The topological polar surface area (TPSA) is 55.4 Å². The van der Waals surface area contributed by atoms with E-state index < -0.39 is 10.8 Å². The minimum atomic E-state index is -0.596. The van der Waals surface area contributed by atoms with Crippen LogP contribution >= 0.6 is 0 Å². The van der Waals surface area contributed by atoms with E-state index in [1.165, 1.54) is 7.11 Å². The Labute approximate surface area is 125 Å². The van der Waals surface area contributed by atoms with Crippen molar-refractivity contribution in [2.45, 2.75) is 33.6 Å². The van der Waals surface area contributed by atoms with E-state index in [-0.39, 0.29) is 17.8 Å². The molecular weight excluding hydrogens is 266 g/mol. The predicted octanol–water partition coefficient (Wildman–Crippen LogP) is 3.24. The fraction of sp³-hybridized carbons (Fsp3) is 0.529. The fourth-order valence-electron chi connectivity index (χ4n) is 3.25. The van der Waals surface area contributed by atoms with Crippen molar-refractivity contribution in [1.29, 1.82) is 0 Å². The number of rotatable bonds is 3. The summed E-state index contributed by atoms with van der Waals surface area (Å²) in [6.45, 7) is 5.90. The molecule has 0 bridgehead atoms. The van der Waals surface area contributed by atoms with Crippen molar-refractivity contribution in [3.05, 3.63) is 30.3 Å². The van der Waals surface area contributed by atoms with Gasteiger partial charge in [-0.1, -0.05) is 39.0 Å². The van der Waals surface area contributed by atoms with Gasteiger partial charge in [0.2, 0.25) is 5.91 Å². The van der Waals surface area contributed by atoms with Crippen molar-refractivity contribution in [3.8, 4) is 0 Å². The number of amides is 1. The fourth-order valence-corrected chi connectivity index (χ4v) is 3.25. The van der Waals surface area contributed by atoms with E-state index in [2.05, 4.69) is 5.32 Å². The number of benzene rings is 1. The average molecular weight is 289 g/mol. The van der Waals surface area contributed by atoms with Crippen LogP contribution in [0.4, 0.5) is 5.69 Å². The van der Waals surface area contributed by atoms with Gasteiger partial charge in [-0.2, -0.15) is 0 Å². The highest BCUT2D eigenvalue weighted by molar-refractivity contribution is 5.96. The Kier molecular flexibility index (Phi) is 4.08. The number of hydrogen-bond acceptors (Lipinski definition) is 3. The summed E-state index contributed by atoms with van der Waals surface area (Å²) in [5.41, 5.74) is -0.262. The summed E-state index contributed by atoms with van der Waals surface area (Å²) in [5.74, 6) is -0.504. The molecule has 1 aromatic rings. The third kappa shape index (κ3) is 2.55. The Balaban J connectivity index is 2.22. The number of esters is 1. The van der Waals surface area contributed by atoms with Gasteiger partial charge in [0.1, 0.15) is 0 Å². The SMILES string of the molecule is COC(=O)[C@H]1CC[C@@](C)(C(=O)Nc2ccccc2)C1(C)C. The number of hydrogen-bond donors (Lipinski definition) is 1. The molecular formula is C17H23NO3. The number of anilines is 1. The second-order valence-corrected chi connectivity index (χ2v) is 6.49. The molecule has 21 heavy (non-hydrogen) atoms. The van der Waals surface area contributed by atoms with E-state index in [0.717, 1.165) is 5.69 Å². The van der Waals surface area contributed by atoms with E-state index >= 15 is 0 Å². The number of methoxy groups -OCH3 is 1. The van der Waals surface area contributed by atoms with E-state index in [1.54, 1.807) is 0 Å². The monoisotopic (exact) mass is 289 g/mol. The van der Waals surface area contributed by atoms with Crippen LogP contribution in [-0.4, -0.2) is 19.0 Å². The van der Waals surface area contributed by atoms with Crippen molar-refractivity contribution in [1.82, 2.24) is 0 Å². The number of ether oxygens (including phenoxy) is 1. The Hall–Kier alpha value is -1.84. The molecule has 0 spiro atoms. The van der Waals surface area contributed by atoms with Crippen molar-refractivity contribution in [2.24, 2.45) is 16.7 Å². The van der Waals surface area contributed by atoms with Gasteiger partial charge in [0.15, 0.2) is 0 Å². The van der Waals surface area contributed by atoms with Crippen LogP contribution in [-0.2, 0) is 14.3 Å². The van der Waals surface area contributed by atoms with Crippen LogP contribution in [0.1, 0.15) is 33.6 Å². The van der Waals surface area contributed by atoms with E-state index in [4.69, 9.17) is 4.74 Å². The lowest BCUT2D eigenvalue weighted by Crippen LogP contribution is -2.45. The molecule has 1 aliphatic carbocycles. The number of carbonyl (C=O) groups excluding carboxylic acids is 2. The summed E-state index contributed by atoms with van der Waals surface area (Å²) in [6, 6.07) is 9.40. The Morgan fingerprint density at radius 3 is 2.38 bits per heavy atom. The van der Waals surface area contributed by atoms with Crippen molar-refractivity contribution in [3.63, 3.8) is 0 Å². The Bertz CT molecular complexity index is 538. The summed E-state index contributed by atoms with van der Waals surface area (Å²) in [7, 11) is 1.40. The maximum absolute atomic E-state index is 12.7. The van der Waals surface area contributed by atoms with Gasteiger partial charge in [-0.3, -0.25) is 9.59 Å². The Morgan fingerprint density at radius 2 is 1.81 bits per heavy atom. The molecule has 0 aliphatic heterocycles. The molecule has 114 valence electrons. The van der Waals surface area contributed by atoms with Crippen LogP contribution < -0.4 is 5.32 Å². The smallest absolute Gasteiger partial charge is 0.309 e. The lowest BCUT2D eigenvalue weighted by Gasteiger charge is -2.39. The molecule has 1 saturated carbocycles. The Morgan fingerprint density at radius 1 is 1.19 bits per heavy atom. The standard InChI is InChI=1S/C17H23NO3/c1-16(2)13(14(19)21-4)10-11-17(16,3)15(20)18-12-8-6-5-7-9-12/h5-9,13H,10-11H2,1-4H3,(H,18,20)/t13-,17+/m1/s1. The molecule has 2 rings (SSSR count). The number of carbonyl (C=O) groups is 2. The highest BCUT2D eigenvalue weighted by Crippen LogP contribution is 2.56. The quantitative estimate of drug-likeness (QED) is 0.869. The zero-order chi connectivity index (χ0) is 15.7. The number of para-hydroxylation sites is 1. The van der Waals surface area contributed by atoms with Gasteiger partial charge in [-0.05, 0) is 30.4 Å². The van der Waals surface area contributed by atoms with Crippen LogP contribution in [0.3, 0.4) is 0 Å².